The van der Waals surface area contributed by atoms with E-state index in [-0.39, 0.29) is 5.56 Å². The number of nitrogens with zero attached hydrogens (tertiary/aromatic N) is 1. The zero-order chi connectivity index (χ0) is 16.4. The van der Waals surface area contributed by atoms with Gasteiger partial charge in [-0.15, -0.1) is 0 Å². The molecule has 0 atom stereocenters. The molecule has 2 aromatic rings. The Kier molecular flexibility index (Phi) is 5.34. The molecular weight excluding hydrogens is 351 g/mol. The lowest BCUT2D eigenvalue weighted by atomic mass is 10.1. The number of benzene rings is 1. The van der Waals surface area contributed by atoms with Crippen molar-refractivity contribution >= 4 is 35.0 Å². The third-order valence-electron chi connectivity index (χ3n) is 4.22. The third kappa shape index (κ3) is 3.93. The predicted molar refractivity (Wildman–Crippen MR) is 97.0 cm³/mol. The standard InChI is InChI=1S/C17H18Cl2N2OS/c1-10-15(9-12-13(18)7-4-8-14(12)19)20-17(21-16(10)22)23-11-5-2-3-6-11/h4,7-8,11H,2-3,5-6,9H2,1H3,(H,20,21,22). The van der Waals surface area contributed by atoms with E-state index < -0.39 is 0 Å². The van der Waals surface area contributed by atoms with Crippen molar-refractivity contribution in [1.29, 1.82) is 0 Å². The molecular formula is C17H18Cl2N2OS. The zero-order valence-electron chi connectivity index (χ0n) is 12.9. The molecule has 0 radical (unpaired) electrons. The van der Waals surface area contributed by atoms with Crippen LogP contribution in [0.1, 0.15) is 42.5 Å². The van der Waals surface area contributed by atoms with Crippen molar-refractivity contribution in [2.75, 3.05) is 0 Å². The molecule has 1 N–H and O–H groups in total. The van der Waals surface area contributed by atoms with Gasteiger partial charge >= 0.3 is 0 Å². The number of rotatable bonds is 4. The van der Waals surface area contributed by atoms with Crippen molar-refractivity contribution in [1.82, 2.24) is 9.97 Å². The second-order valence-electron chi connectivity index (χ2n) is 5.84. The number of halogens is 2. The van der Waals surface area contributed by atoms with Crippen molar-refractivity contribution in [3.63, 3.8) is 0 Å². The van der Waals surface area contributed by atoms with E-state index in [1.165, 1.54) is 25.7 Å². The highest BCUT2D eigenvalue weighted by Crippen LogP contribution is 2.33. The van der Waals surface area contributed by atoms with Crippen LogP contribution in [0, 0.1) is 6.92 Å². The van der Waals surface area contributed by atoms with Crippen LogP contribution in [-0.4, -0.2) is 15.2 Å². The van der Waals surface area contributed by atoms with Crippen molar-refractivity contribution < 1.29 is 0 Å². The Morgan fingerprint density at radius 2 is 1.91 bits per heavy atom. The Hall–Kier alpha value is -0.970. The molecule has 23 heavy (non-hydrogen) atoms. The summed E-state index contributed by atoms with van der Waals surface area (Å²) in [5.41, 5.74) is 2.09. The molecule has 1 saturated carbocycles. The summed E-state index contributed by atoms with van der Waals surface area (Å²) in [4.78, 5) is 19.8. The normalized spacial score (nSPS) is 15.3. The van der Waals surface area contributed by atoms with Gasteiger partial charge in [-0.1, -0.05) is 53.9 Å². The minimum atomic E-state index is -0.0846. The van der Waals surface area contributed by atoms with Crippen molar-refractivity contribution in [2.24, 2.45) is 0 Å². The second-order valence-corrected chi connectivity index (χ2v) is 7.95. The van der Waals surface area contributed by atoms with Crippen molar-refractivity contribution in [3.8, 4) is 0 Å². The van der Waals surface area contributed by atoms with E-state index >= 15 is 0 Å². The van der Waals surface area contributed by atoms with Crippen LogP contribution >= 0.6 is 35.0 Å². The van der Waals surface area contributed by atoms with Gasteiger partial charge < -0.3 is 4.98 Å². The quantitative estimate of drug-likeness (QED) is 0.771. The fourth-order valence-electron chi connectivity index (χ4n) is 2.82. The maximum atomic E-state index is 12.2. The van der Waals surface area contributed by atoms with Gasteiger partial charge in [0.2, 0.25) is 0 Å². The average Bonchev–Trinajstić information content (AvgIpc) is 3.00. The molecule has 0 saturated heterocycles. The number of thioether (sulfide) groups is 1. The molecule has 0 bridgehead atoms. The van der Waals surface area contributed by atoms with Gasteiger partial charge in [-0.3, -0.25) is 4.79 Å². The monoisotopic (exact) mass is 368 g/mol. The number of aromatic amines is 1. The van der Waals surface area contributed by atoms with Gasteiger partial charge in [0.05, 0.1) is 5.69 Å². The maximum Gasteiger partial charge on any atom is 0.254 e. The molecule has 0 aliphatic heterocycles. The number of hydrogen-bond donors (Lipinski definition) is 1. The molecule has 0 unspecified atom stereocenters. The van der Waals surface area contributed by atoms with Crippen LogP contribution in [0.2, 0.25) is 10.0 Å². The van der Waals surface area contributed by atoms with Gasteiger partial charge in [0.25, 0.3) is 5.56 Å². The summed E-state index contributed by atoms with van der Waals surface area (Å²) in [6.45, 7) is 1.79. The molecule has 1 heterocycles. The van der Waals surface area contributed by atoms with Gasteiger partial charge in [-0.25, -0.2) is 4.98 Å². The minimum Gasteiger partial charge on any atom is -0.301 e. The van der Waals surface area contributed by atoms with Crippen LogP contribution in [-0.2, 0) is 6.42 Å². The smallest absolute Gasteiger partial charge is 0.254 e. The van der Waals surface area contributed by atoms with Gasteiger partial charge in [0, 0.05) is 27.3 Å². The molecule has 6 heteroatoms. The third-order valence-corrected chi connectivity index (χ3v) is 6.15. The minimum absolute atomic E-state index is 0.0846. The maximum absolute atomic E-state index is 12.2. The van der Waals surface area contributed by atoms with E-state index in [1.54, 1.807) is 30.8 Å². The van der Waals surface area contributed by atoms with Crippen LogP contribution in [0.25, 0.3) is 0 Å². The topological polar surface area (TPSA) is 45.8 Å². The largest absolute Gasteiger partial charge is 0.301 e. The first-order chi connectivity index (χ1) is 11.0. The molecule has 1 aromatic heterocycles. The summed E-state index contributed by atoms with van der Waals surface area (Å²) >= 11 is 14.2. The van der Waals surface area contributed by atoms with E-state index in [9.17, 15) is 4.79 Å². The molecule has 1 aliphatic carbocycles. The van der Waals surface area contributed by atoms with Crippen LogP contribution < -0.4 is 5.56 Å². The summed E-state index contributed by atoms with van der Waals surface area (Å²) in [5.74, 6) is 0. The summed E-state index contributed by atoms with van der Waals surface area (Å²) < 4.78 is 0. The fourth-order valence-corrected chi connectivity index (χ4v) is 4.55. The molecule has 3 nitrogen and oxygen atoms in total. The van der Waals surface area contributed by atoms with Crippen LogP contribution in [0.15, 0.2) is 28.2 Å². The van der Waals surface area contributed by atoms with Crippen LogP contribution in [0.4, 0.5) is 0 Å². The molecule has 1 aliphatic rings. The Labute approximate surface area is 149 Å². The van der Waals surface area contributed by atoms with Crippen molar-refractivity contribution in [2.45, 2.75) is 49.4 Å². The van der Waals surface area contributed by atoms with Crippen LogP contribution in [0.3, 0.4) is 0 Å². The summed E-state index contributed by atoms with van der Waals surface area (Å²) in [6, 6.07) is 5.42. The van der Waals surface area contributed by atoms with Gasteiger partial charge in [0.1, 0.15) is 0 Å². The van der Waals surface area contributed by atoms with Gasteiger partial charge in [-0.2, -0.15) is 0 Å². The SMILES string of the molecule is Cc1c(Cc2c(Cl)cccc2Cl)nc(SC2CCCC2)[nH]c1=O. The van der Waals surface area contributed by atoms with E-state index in [4.69, 9.17) is 23.2 Å². The fraction of sp³-hybridized carbons (Fsp3) is 0.412. The number of hydrogen-bond acceptors (Lipinski definition) is 3. The molecule has 3 rings (SSSR count). The van der Waals surface area contributed by atoms with Gasteiger partial charge in [0.15, 0.2) is 5.16 Å². The Bertz CT molecular complexity index is 749. The molecule has 1 aromatic carbocycles. The average molecular weight is 369 g/mol. The second kappa shape index (κ2) is 7.29. The zero-order valence-corrected chi connectivity index (χ0v) is 15.2. The highest BCUT2D eigenvalue weighted by atomic mass is 35.5. The van der Waals surface area contributed by atoms with E-state index in [2.05, 4.69) is 9.97 Å². The highest BCUT2D eigenvalue weighted by Gasteiger charge is 2.19. The molecule has 122 valence electrons. The first-order valence-corrected chi connectivity index (χ1v) is 9.37. The van der Waals surface area contributed by atoms with E-state index in [1.807, 2.05) is 6.07 Å². The Morgan fingerprint density at radius 1 is 1.26 bits per heavy atom. The van der Waals surface area contributed by atoms with Gasteiger partial charge in [-0.05, 0) is 37.5 Å². The first kappa shape index (κ1) is 16.9. The first-order valence-electron chi connectivity index (χ1n) is 7.74. The van der Waals surface area contributed by atoms with E-state index in [0.717, 1.165) is 11.3 Å². The summed E-state index contributed by atoms with van der Waals surface area (Å²) in [5, 5.41) is 2.45. The Morgan fingerprint density at radius 3 is 2.57 bits per heavy atom. The lowest BCUT2D eigenvalue weighted by Gasteiger charge is -2.12. The van der Waals surface area contributed by atoms with Crippen molar-refractivity contribution in [3.05, 3.63) is 55.4 Å². The molecule has 1 fully saturated rings. The number of aromatic nitrogens is 2. The molecule has 0 spiro atoms. The predicted octanol–water partition coefficient (Wildman–Crippen LogP) is 5.01. The summed E-state index contributed by atoms with van der Waals surface area (Å²) in [6.07, 6.45) is 5.36. The van der Waals surface area contributed by atoms with Crippen LogP contribution in [0.5, 0.6) is 0 Å². The Balaban J connectivity index is 1.91. The lowest BCUT2D eigenvalue weighted by Crippen LogP contribution is -2.17. The van der Waals surface area contributed by atoms with E-state index in [0.29, 0.717) is 32.4 Å². The number of nitrogens with one attached hydrogen (secondary N) is 1. The number of H-pyrrole nitrogens is 1. The molecule has 0 amide bonds. The highest BCUT2D eigenvalue weighted by molar-refractivity contribution is 7.99. The summed E-state index contributed by atoms with van der Waals surface area (Å²) in [7, 11) is 0. The lowest BCUT2D eigenvalue weighted by molar-refractivity contribution is 0.839.